The zero-order valence-corrected chi connectivity index (χ0v) is 26.7. The standard InChI is InChI=1S/C32H42ClN3O4S2/c1-3-32(42(39,40)36(31-13-7-8-14-31)25-28-16-18-30(33)19-17-28)20-15-26(2)41(37,38)35(23-27-10-5-4-6-11-27)24-29-12-9-21-34-22-29/h3-6,10-11,15-20,29,31,34H,2,7-9,12-14,21-25H2,1H3/b20-15-,32-3+. The number of halogens is 1. The van der Waals surface area contributed by atoms with Crippen LogP contribution >= 0.6 is 11.6 Å². The van der Waals surface area contributed by atoms with Gasteiger partial charge in [0.2, 0.25) is 20.0 Å². The maximum absolute atomic E-state index is 14.0. The van der Waals surface area contributed by atoms with Crippen LogP contribution in [0.1, 0.15) is 56.6 Å². The van der Waals surface area contributed by atoms with Gasteiger partial charge in [0, 0.05) is 30.7 Å². The van der Waals surface area contributed by atoms with Crippen molar-refractivity contribution in [2.24, 2.45) is 5.92 Å². The SMILES string of the molecule is C=C(/C=C\C(=C/C)S(=O)(=O)N(Cc1ccc(Cl)cc1)C1CCCC1)S(=O)(=O)N(Cc1ccccc1)CC1CCCNC1. The molecule has 1 N–H and O–H groups in total. The lowest BCUT2D eigenvalue weighted by atomic mass is 10.00. The summed E-state index contributed by atoms with van der Waals surface area (Å²) in [5.74, 6) is 0.188. The molecular weight excluding hydrogens is 590 g/mol. The molecule has 2 fully saturated rings. The summed E-state index contributed by atoms with van der Waals surface area (Å²) in [7, 11) is -7.88. The van der Waals surface area contributed by atoms with Crippen molar-refractivity contribution in [1.82, 2.24) is 13.9 Å². The van der Waals surface area contributed by atoms with E-state index in [1.807, 2.05) is 42.5 Å². The molecule has 1 saturated heterocycles. The topological polar surface area (TPSA) is 86.8 Å². The number of benzene rings is 2. The molecule has 10 heteroatoms. The lowest BCUT2D eigenvalue weighted by Gasteiger charge is -2.30. The van der Waals surface area contributed by atoms with E-state index in [0.29, 0.717) is 11.6 Å². The third-order valence-corrected chi connectivity index (χ3v) is 12.1. The number of nitrogens with zero attached hydrogens (tertiary/aromatic N) is 2. The van der Waals surface area contributed by atoms with Crippen LogP contribution in [0.3, 0.4) is 0 Å². The lowest BCUT2D eigenvalue weighted by molar-refractivity contribution is 0.289. The first kappa shape index (κ1) is 32.6. The van der Waals surface area contributed by atoms with Crippen molar-refractivity contribution in [1.29, 1.82) is 0 Å². The average molecular weight is 632 g/mol. The Bertz CT molecular complexity index is 1460. The molecule has 1 heterocycles. The highest BCUT2D eigenvalue weighted by Crippen LogP contribution is 2.31. The smallest absolute Gasteiger partial charge is 0.243 e. The first-order valence-corrected chi connectivity index (χ1v) is 17.9. The van der Waals surface area contributed by atoms with Gasteiger partial charge in [-0.3, -0.25) is 0 Å². The molecule has 2 aromatic carbocycles. The Balaban J connectivity index is 1.57. The van der Waals surface area contributed by atoms with Gasteiger partial charge in [-0.1, -0.05) is 79.6 Å². The van der Waals surface area contributed by atoms with Gasteiger partial charge in [0.1, 0.15) is 0 Å². The van der Waals surface area contributed by atoms with Crippen LogP contribution in [0, 0.1) is 5.92 Å². The molecule has 1 saturated carbocycles. The van der Waals surface area contributed by atoms with Crippen LogP contribution in [0.25, 0.3) is 0 Å². The number of sulfonamides is 2. The highest BCUT2D eigenvalue weighted by molar-refractivity contribution is 7.93. The fraction of sp³-hybridized carbons (Fsp3) is 0.438. The van der Waals surface area contributed by atoms with Gasteiger partial charge in [-0.2, -0.15) is 8.61 Å². The number of piperidine rings is 1. The molecule has 0 bridgehead atoms. The number of hydrogen-bond donors (Lipinski definition) is 1. The Morgan fingerprint density at radius 2 is 1.57 bits per heavy atom. The molecule has 2 aliphatic rings. The molecule has 2 aromatic rings. The molecule has 42 heavy (non-hydrogen) atoms. The maximum Gasteiger partial charge on any atom is 0.243 e. The van der Waals surface area contributed by atoms with Crippen LogP contribution in [0.4, 0.5) is 0 Å². The number of nitrogens with one attached hydrogen (secondary N) is 1. The van der Waals surface area contributed by atoms with Gasteiger partial charge in [-0.15, -0.1) is 0 Å². The van der Waals surface area contributed by atoms with E-state index in [1.165, 1.54) is 22.5 Å². The van der Waals surface area contributed by atoms with E-state index in [4.69, 9.17) is 11.6 Å². The molecule has 1 atom stereocenters. The van der Waals surface area contributed by atoms with Crippen molar-refractivity contribution in [3.8, 4) is 0 Å². The fourth-order valence-corrected chi connectivity index (χ4v) is 8.82. The van der Waals surface area contributed by atoms with Crippen LogP contribution in [-0.4, -0.2) is 51.1 Å². The minimum atomic E-state index is -3.96. The molecule has 1 unspecified atom stereocenters. The largest absolute Gasteiger partial charge is 0.316 e. The monoisotopic (exact) mass is 631 g/mol. The molecule has 4 rings (SSSR count). The quantitative estimate of drug-likeness (QED) is 0.265. The van der Waals surface area contributed by atoms with Gasteiger partial charge in [0.15, 0.2) is 0 Å². The summed E-state index contributed by atoms with van der Waals surface area (Å²) < 4.78 is 58.7. The number of hydrogen-bond acceptors (Lipinski definition) is 5. The Labute approximate surface area is 257 Å². The van der Waals surface area contributed by atoms with Crippen LogP contribution in [0.15, 0.2) is 89.2 Å². The summed E-state index contributed by atoms with van der Waals surface area (Å²) in [4.78, 5) is -0.0901. The van der Waals surface area contributed by atoms with Crippen molar-refractivity contribution in [3.05, 3.63) is 105 Å². The highest BCUT2D eigenvalue weighted by Gasteiger charge is 2.34. The minimum Gasteiger partial charge on any atom is -0.316 e. The predicted molar refractivity (Wildman–Crippen MR) is 172 cm³/mol. The van der Waals surface area contributed by atoms with E-state index >= 15 is 0 Å². The van der Waals surface area contributed by atoms with Crippen molar-refractivity contribution >= 4 is 31.6 Å². The molecule has 0 aromatic heterocycles. The van der Waals surface area contributed by atoms with E-state index in [9.17, 15) is 16.8 Å². The van der Waals surface area contributed by atoms with Crippen LogP contribution in [-0.2, 0) is 33.1 Å². The summed E-state index contributed by atoms with van der Waals surface area (Å²) in [6, 6.07) is 16.6. The fourth-order valence-electron chi connectivity index (χ4n) is 5.67. The van der Waals surface area contributed by atoms with Gasteiger partial charge in [0.05, 0.1) is 9.81 Å². The minimum absolute atomic E-state index is 0.0470. The maximum atomic E-state index is 14.0. The van der Waals surface area contributed by atoms with Gasteiger partial charge < -0.3 is 5.32 Å². The van der Waals surface area contributed by atoms with E-state index in [-0.39, 0.29) is 34.9 Å². The van der Waals surface area contributed by atoms with E-state index < -0.39 is 20.0 Å². The third-order valence-electron chi connectivity index (χ3n) is 8.04. The van der Waals surface area contributed by atoms with Gasteiger partial charge >= 0.3 is 0 Å². The summed E-state index contributed by atoms with van der Waals surface area (Å²) >= 11 is 6.05. The molecule has 7 nitrogen and oxygen atoms in total. The van der Waals surface area contributed by atoms with Gasteiger partial charge in [-0.25, -0.2) is 16.8 Å². The first-order valence-electron chi connectivity index (χ1n) is 14.7. The van der Waals surface area contributed by atoms with E-state index in [0.717, 1.165) is 62.7 Å². The predicted octanol–water partition coefficient (Wildman–Crippen LogP) is 6.22. The Morgan fingerprint density at radius 3 is 2.19 bits per heavy atom. The zero-order chi connectivity index (χ0) is 30.2. The second-order valence-corrected chi connectivity index (χ2v) is 15.4. The number of rotatable bonds is 13. The van der Waals surface area contributed by atoms with E-state index in [2.05, 4.69) is 11.9 Å². The molecular formula is C32H42ClN3O4S2. The van der Waals surface area contributed by atoms with Crippen LogP contribution in [0.5, 0.6) is 0 Å². The summed E-state index contributed by atoms with van der Waals surface area (Å²) in [6.45, 7) is 8.04. The van der Waals surface area contributed by atoms with E-state index in [1.54, 1.807) is 23.4 Å². The number of allylic oxidation sites excluding steroid dienone is 3. The molecule has 1 aliphatic heterocycles. The first-order chi connectivity index (χ1) is 20.1. The Kier molecular flexibility index (Phi) is 11.6. The molecule has 0 radical (unpaired) electrons. The van der Waals surface area contributed by atoms with Crippen LogP contribution < -0.4 is 5.32 Å². The summed E-state index contributed by atoms with van der Waals surface area (Å²) in [5, 5.41) is 3.95. The van der Waals surface area contributed by atoms with Crippen molar-refractivity contribution < 1.29 is 16.8 Å². The Morgan fingerprint density at radius 1 is 0.905 bits per heavy atom. The lowest BCUT2D eigenvalue weighted by Crippen LogP contribution is -2.41. The van der Waals surface area contributed by atoms with Crippen molar-refractivity contribution in [2.75, 3.05) is 19.6 Å². The Hall–Kier alpha value is -2.27. The molecule has 0 amide bonds. The van der Waals surface area contributed by atoms with Crippen molar-refractivity contribution in [3.63, 3.8) is 0 Å². The molecule has 1 aliphatic carbocycles. The molecule has 0 spiro atoms. The second-order valence-electron chi connectivity index (χ2n) is 11.1. The van der Waals surface area contributed by atoms with Gasteiger partial charge in [0.25, 0.3) is 0 Å². The summed E-state index contributed by atoms with van der Waals surface area (Å²) in [6.07, 6.45) is 9.70. The highest BCUT2D eigenvalue weighted by atomic mass is 35.5. The molecule has 228 valence electrons. The second kappa shape index (κ2) is 14.9. The van der Waals surface area contributed by atoms with Gasteiger partial charge in [-0.05, 0) is 87.0 Å². The van der Waals surface area contributed by atoms with Crippen LogP contribution in [0.2, 0.25) is 5.02 Å². The summed E-state index contributed by atoms with van der Waals surface area (Å²) in [5.41, 5.74) is 1.72. The third kappa shape index (κ3) is 8.42. The van der Waals surface area contributed by atoms with Crippen molar-refractivity contribution in [2.45, 2.75) is 64.6 Å². The normalized spacial score (nSPS) is 19.2. The zero-order valence-electron chi connectivity index (χ0n) is 24.3. The average Bonchev–Trinajstić information content (AvgIpc) is 3.52.